The van der Waals surface area contributed by atoms with E-state index in [0.29, 0.717) is 18.0 Å². The Labute approximate surface area is 136 Å². The average Bonchev–Trinajstić information content (AvgIpc) is 2.48. The van der Waals surface area contributed by atoms with Crippen molar-refractivity contribution in [3.63, 3.8) is 0 Å². The van der Waals surface area contributed by atoms with Crippen LogP contribution >= 0.6 is 0 Å². The monoisotopic (exact) mass is 310 g/mol. The number of carbonyl (C=O) groups excluding carboxylic acids is 1. The zero-order valence-corrected chi connectivity index (χ0v) is 15.1. The predicted molar refractivity (Wildman–Crippen MR) is 91.0 cm³/mol. The van der Waals surface area contributed by atoms with E-state index in [4.69, 9.17) is 0 Å². The Hall–Kier alpha value is -0.650. The Balaban J connectivity index is 2.07. The van der Waals surface area contributed by atoms with E-state index in [0.717, 1.165) is 51.9 Å². The summed E-state index contributed by atoms with van der Waals surface area (Å²) < 4.78 is 0. The highest BCUT2D eigenvalue weighted by molar-refractivity contribution is 5.86. The number of nitrogens with one attached hydrogen (secondary N) is 1. The summed E-state index contributed by atoms with van der Waals surface area (Å²) in [5.74, 6) is 0.309. The molecule has 2 fully saturated rings. The molecule has 1 N–H and O–H groups in total. The molecule has 22 heavy (non-hydrogen) atoms. The maximum Gasteiger partial charge on any atom is 0.242 e. The third-order valence-corrected chi connectivity index (χ3v) is 5.37. The van der Waals surface area contributed by atoms with Gasteiger partial charge in [0.1, 0.15) is 5.54 Å². The third-order valence-electron chi connectivity index (χ3n) is 5.37. The smallest absolute Gasteiger partial charge is 0.242 e. The fourth-order valence-corrected chi connectivity index (χ4v) is 3.86. The number of carbonyl (C=O) groups is 1. The lowest BCUT2D eigenvalue weighted by atomic mass is 9.84. The maximum atomic E-state index is 13.3. The van der Waals surface area contributed by atoms with Gasteiger partial charge in [0.15, 0.2) is 0 Å². The van der Waals surface area contributed by atoms with Gasteiger partial charge < -0.3 is 20.0 Å². The lowest BCUT2D eigenvalue weighted by Crippen LogP contribution is -2.64. The molecule has 0 aromatic carbocycles. The second kappa shape index (κ2) is 7.28. The molecule has 0 saturated carbocycles. The molecule has 128 valence electrons. The summed E-state index contributed by atoms with van der Waals surface area (Å²) in [4.78, 5) is 20.0. The van der Waals surface area contributed by atoms with Gasteiger partial charge in [-0.15, -0.1) is 0 Å². The Morgan fingerprint density at radius 2 is 1.59 bits per heavy atom. The van der Waals surface area contributed by atoms with Gasteiger partial charge in [-0.1, -0.05) is 0 Å². The lowest BCUT2D eigenvalue weighted by Gasteiger charge is -2.45. The molecule has 0 aliphatic carbocycles. The first-order valence-electron chi connectivity index (χ1n) is 8.76. The van der Waals surface area contributed by atoms with E-state index in [1.807, 2.05) is 11.9 Å². The Morgan fingerprint density at radius 1 is 1.09 bits per heavy atom. The van der Waals surface area contributed by atoms with E-state index >= 15 is 0 Å². The number of likely N-dealkylation sites (tertiary alicyclic amines) is 2. The molecule has 5 nitrogen and oxygen atoms in total. The fraction of sp³-hybridized carbons (Fsp3) is 0.941. The predicted octanol–water partition coefficient (Wildman–Crippen LogP) is 1.00. The van der Waals surface area contributed by atoms with Crippen molar-refractivity contribution >= 4 is 5.91 Å². The number of rotatable bonds is 4. The average molecular weight is 310 g/mol. The minimum Gasteiger partial charge on any atom is -0.341 e. The highest BCUT2D eigenvalue weighted by Gasteiger charge is 2.44. The zero-order valence-electron chi connectivity index (χ0n) is 15.1. The van der Waals surface area contributed by atoms with E-state index in [2.05, 4.69) is 43.1 Å². The molecular formula is C17H34N4O. The summed E-state index contributed by atoms with van der Waals surface area (Å²) in [6.07, 6.45) is 4.02. The van der Waals surface area contributed by atoms with Crippen molar-refractivity contribution in [2.75, 3.05) is 47.3 Å². The molecule has 0 atom stereocenters. The van der Waals surface area contributed by atoms with Crippen LogP contribution < -0.4 is 5.32 Å². The van der Waals surface area contributed by atoms with Crippen LogP contribution in [0.5, 0.6) is 0 Å². The number of hydrogen-bond donors (Lipinski definition) is 1. The van der Waals surface area contributed by atoms with Crippen LogP contribution in [0.1, 0.15) is 39.5 Å². The Bertz CT molecular complexity index is 369. The van der Waals surface area contributed by atoms with Crippen molar-refractivity contribution in [3.8, 4) is 0 Å². The SMILES string of the molecule is CC(C)NC1(C(=O)N(C)C2CCN(C)CC2)CCN(C)CC1. The van der Waals surface area contributed by atoms with Crippen LogP contribution in [-0.2, 0) is 4.79 Å². The third kappa shape index (κ3) is 4.00. The molecule has 0 radical (unpaired) electrons. The van der Waals surface area contributed by atoms with Gasteiger partial charge in [0.05, 0.1) is 0 Å². The minimum atomic E-state index is -0.362. The van der Waals surface area contributed by atoms with Gasteiger partial charge in [-0.25, -0.2) is 0 Å². The summed E-state index contributed by atoms with van der Waals surface area (Å²) in [7, 11) is 6.32. The van der Waals surface area contributed by atoms with E-state index in [1.54, 1.807) is 0 Å². The van der Waals surface area contributed by atoms with Crippen molar-refractivity contribution in [1.82, 2.24) is 20.0 Å². The highest BCUT2D eigenvalue weighted by atomic mass is 16.2. The fourth-order valence-electron chi connectivity index (χ4n) is 3.86. The van der Waals surface area contributed by atoms with Crippen LogP contribution in [0.25, 0.3) is 0 Å². The molecule has 5 heteroatoms. The number of nitrogens with zero attached hydrogens (tertiary/aromatic N) is 3. The van der Waals surface area contributed by atoms with Gasteiger partial charge in [-0.2, -0.15) is 0 Å². The second-order valence-electron chi connectivity index (χ2n) is 7.63. The summed E-state index contributed by atoms with van der Waals surface area (Å²) >= 11 is 0. The molecule has 2 rings (SSSR count). The van der Waals surface area contributed by atoms with Gasteiger partial charge in [-0.05, 0) is 66.7 Å². The molecule has 2 saturated heterocycles. The number of hydrogen-bond acceptors (Lipinski definition) is 4. The molecule has 0 aromatic rings. The van der Waals surface area contributed by atoms with Crippen molar-refractivity contribution in [2.45, 2.75) is 57.2 Å². The molecule has 1 amide bonds. The second-order valence-corrected chi connectivity index (χ2v) is 7.63. The van der Waals surface area contributed by atoms with Gasteiger partial charge in [-0.3, -0.25) is 4.79 Å². The van der Waals surface area contributed by atoms with E-state index < -0.39 is 0 Å². The summed E-state index contributed by atoms with van der Waals surface area (Å²) in [5, 5.41) is 3.62. The Morgan fingerprint density at radius 3 is 2.09 bits per heavy atom. The van der Waals surface area contributed by atoms with Gasteiger partial charge >= 0.3 is 0 Å². The minimum absolute atomic E-state index is 0.309. The summed E-state index contributed by atoms with van der Waals surface area (Å²) in [5.41, 5.74) is -0.362. The van der Waals surface area contributed by atoms with Crippen LogP contribution in [0.4, 0.5) is 0 Å². The van der Waals surface area contributed by atoms with Crippen LogP contribution in [0.3, 0.4) is 0 Å². The lowest BCUT2D eigenvalue weighted by molar-refractivity contribution is -0.142. The van der Waals surface area contributed by atoms with Crippen molar-refractivity contribution in [1.29, 1.82) is 0 Å². The van der Waals surface area contributed by atoms with Crippen LogP contribution in [0, 0.1) is 0 Å². The van der Waals surface area contributed by atoms with E-state index in [9.17, 15) is 4.79 Å². The quantitative estimate of drug-likeness (QED) is 0.841. The molecule has 0 bridgehead atoms. The molecule has 2 heterocycles. The summed E-state index contributed by atoms with van der Waals surface area (Å²) in [6, 6.07) is 0.729. The van der Waals surface area contributed by atoms with Crippen LogP contribution in [-0.4, -0.2) is 85.6 Å². The van der Waals surface area contributed by atoms with Gasteiger partial charge in [0.2, 0.25) is 5.91 Å². The van der Waals surface area contributed by atoms with Crippen molar-refractivity contribution < 1.29 is 4.79 Å². The summed E-state index contributed by atoms with van der Waals surface area (Å²) in [6.45, 7) is 8.45. The molecular weight excluding hydrogens is 276 g/mol. The number of likely N-dealkylation sites (N-methyl/N-ethyl adjacent to an activating group) is 1. The maximum absolute atomic E-state index is 13.3. The Kier molecular flexibility index (Phi) is 5.86. The van der Waals surface area contributed by atoms with E-state index in [-0.39, 0.29) is 5.54 Å². The molecule has 2 aliphatic heterocycles. The normalized spacial score (nSPS) is 24.6. The standard InChI is InChI=1S/C17H34N4O/c1-14(2)18-17(8-12-20(4)13-9-17)16(22)21(5)15-6-10-19(3)11-7-15/h14-15,18H,6-13H2,1-5H3. The number of amides is 1. The largest absolute Gasteiger partial charge is 0.341 e. The first kappa shape index (κ1) is 17.7. The molecule has 0 spiro atoms. The molecule has 2 aliphatic rings. The first-order valence-corrected chi connectivity index (χ1v) is 8.76. The highest BCUT2D eigenvalue weighted by Crippen LogP contribution is 2.27. The van der Waals surface area contributed by atoms with Crippen molar-refractivity contribution in [2.24, 2.45) is 0 Å². The molecule has 0 unspecified atom stereocenters. The first-order chi connectivity index (χ1) is 10.3. The van der Waals surface area contributed by atoms with E-state index in [1.165, 1.54) is 0 Å². The number of piperidine rings is 2. The topological polar surface area (TPSA) is 38.8 Å². The van der Waals surface area contributed by atoms with Crippen molar-refractivity contribution in [3.05, 3.63) is 0 Å². The van der Waals surface area contributed by atoms with Crippen LogP contribution in [0.15, 0.2) is 0 Å². The molecule has 0 aromatic heterocycles. The van der Waals surface area contributed by atoms with Crippen LogP contribution in [0.2, 0.25) is 0 Å². The zero-order chi connectivity index (χ0) is 16.3. The van der Waals surface area contributed by atoms with Gasteiger partial charge in [0.25, 0.3) is 0 Å². The van der Waals surface area contributed by atoms with Gasteiger partial charge in [0, 0.05) is 32.2 Å².